The largest absolute Gasteiger partial charge is 0.468 e. The lowest BCUT2D eigenvalue weighted by atomic mass is 10.3. The van der Waals surface area contributed by atoms with Crippen molar-refractivity contribution >= 4 is 35.1 Å². The van der Waals surface area contributed by atoms with E-state index in [2.05, 4.69) is 20.0 Å². The highest BCUT2D eigenvalue weighted by Gasteiger charge is 2.37. The number of methoxy groups -OCH3 is 1. The highest BCUT2D eigenvalue weighted by atomic mass is 35.5. The standard InChI is InChI=1S/C13H14F3N3O3.ClH/c1-21-5-4-17-7-11(20)18-8-2-3-10-9(6-8)19-12(22-10)13(14,15)16;/h2-3,6,17H,4-5,7H2,1H3,(H,18,20);1H. The summed E-state index contributed by atoms with van der Waals surface area (Å²) in [5.41, 5.74) is 0.370. The number of fused-ring (bicyclic) bond motifs is 1. The SMILES string of the molecule is COCCNCC(=O)Nc1ccc2oc(C(F)(F)F)nc2c1.Cl. The van der Waals surface area contributed by atoms with E-state index in [4.69, 9.17) is 4.74 Å². The summed E-state index contributed by atoms with van der Waals surface area (Å²) in [6.45, 7) is 1.05. The molecule has 1 aromatic carbocycles. The predicted molar refractivity (Wildman–Crippen MR) is 79.6 cm³/mol. The van der Waals surface area contributed by atoms with Crippen molar-refractivity contribution in [2.45, 2.75) is 6.18 Å². The summed E-state index contributed by atoms with van der Waals surface area (Å²) in [5, 5.41) is 5.40. The number of halogens is 4. The minimum atomic E-state index is -4.65. The van der Waals surface area contributed by atoms with Gasteiger partial charge in [-0.25, -0.2) is 4.98 Å². The van der Waals surface area contributed by atoms with Crippen LogP contribution in [0.3, 0.4) is 0 Å². The van der Waals surface area contributed by atoms with Crippen LogP contribution in [-0.4, -0.2) is 37.7 Å². The molecule has 2 aromatic rings. The Balaban J connectivity index is 0.00000264. The van der Waals surface area contributed by atoms with E-state index in [9.17, 15) is 18.0 Å². The number of nitrogens with zero attached hydrogens (tertiary/aromatic N) is 1. The molecule has 2 N–H and O–H groups in total. The molecule has 0 fully saturated rings. The number of ether oxygens (including phenoxy) is 1. The zero-order valence-corrected chi connectivity index (χ0v) is 12.9. The van der Waals surface area contributed by atoms with E-state index < -0.39 is 12.1 Å². The number of rotatable bonds is 6. The van der Waals surface area contributed by atoms with E-state index in [-0.39, 0.29) is 36.0 Å². The Bertz CT molecular complexity index is 661. The van der Waals surface area contributed by atoms with Crippen molar-refractivity contribution in [1.29, 1.82) is 0 Å². The van der Waals surface area contributed by atoms with E-state index in [0.717, 1.165) is 0 Å². The molecule has 23 heavy (non-hydrogen) atoms. The van der Waals surface area contributed by atoms with Gasteiger partial charge >= 0.3 is 12.1 Å². The number of carbonyl (C=O) groups excluding carboxylic acids is 1. The minimum Gasteiger partial charge on any atom is -0.433 e. The molecule has 2 rings (SSSR count). The van der Waals surface area contributed by atoms with Crippen LogP contribution in [0.15, 0.2) is 22.6 Å². The number of oxazole rings is 1. The topological polar surface area (TPSA) is 76.4 Å². The molecule has 6 nitrogen and oxygen atoms in total. The van der Waals surface area contributed by atoms with Crippen LogP contribution < -0.4 is 10.6 Å². The smallest absolute Gasteiger partial charge is 0.433 e. The third-order valence-corrected chi connectivity index (χ3v) is 2.68. The van der Waals surface area contributed by atoms with Crippen LogP contribution in [0.1, 0.15) is 5.89 Å². The Morgan fingerprint density at radius 1 is 1.39 bits per heavy atom. The van der Waals surface area contributed by atoms with Gasteiger partial charge in [0.15, 0.2) is 5.58 Å². The summed E-state index contributed by atoms with van der Waals surface area (Å²) in [6.07, 6.45) is -4.65. The number of amides is 1. The van der Waals surface area contributed by atoms with E-state index >= 15 is 0 Å². The lowest BCUT2D eigenvalue weighted by molar-refractivity contribution is -0.156. The van der Waals surface area contributed by atoms with Crippen LogP contribution in [0.5, 0.6) is 0 Å². The Kier molecular flexibility index (Phi) is 6.79. The zero-order chi connectivity index (χ0) is 16.2. The average Bonchev–Trinajstić information content (AvgIpc) is 2.87. The Morgan fingerprint density at radius 2 is 2.13 bits per heavy atom. The first kappa shape index (κ1) is 19.2. The van der Waals surface area contributed by atoms with Gasteiger partial charge in [-0.3, -0.25) is 4.79 Å². The molecule has 0 aliphatic heterocycles. The molecular weight excluding hydrogens is 339 g/mol. The number of aromatic nitrogens is 1. The molecule has 10 heteroatoms. The molecular formula is C13H15ClF3N3O3. The summed E-state index contributed by atoms with van der Waals surface area (Å²) < 4.78 is 46.9. The minimum absolute atomic E-state index is 0. The molecule has 1 heterocycles. The van der Waals surface area contributed by atoms with Crippen LogP contribution >= 0.6 is 12.4 Å². The number of alkyl halides is 3. The van der Waals surface area contributed by atoms with Crippen LogP contribution in [0, 0.1) is 0 Å². The number of anilines is 1. The Labute approximate surface area is 135 Å². The first-order valence-electron chi connectivity index (χ1n) is 6.37. The van der Waals surface area contributed by atoms with Crippen LogP contribution in [0.25, 0.3) is 11.1 Å². The van der Waals surface area contributed by atoms with Gasteiger partial charge < -0.3 is 19.8 Å². The van der Waals surface area contributed by atoms with Crippen molar-refractivity contribution in [1.82, 2.24) is 10.3 Å². The first-order chi connectivity index (χ1) is 10.4. The maximum Gasteiger partial charge on any atom is 0.468 e. The second-order valence-corrected chi connectivity index (χ2v) is 4.42. The summed E-state index contributed by atoms with van der Waals surface area (Å²) in [4.78, 5) is 15.0. The quantitative estimate of drug-likeness (QED) is 0.780. The third kappa shape index (κ3) is 5.38. The molecule has 1 aromatic heterocycles. The molecule has 0 saturated heterocycles. The lowest BCUT2D eigenvalue weighted by Gasteiger charge is -2.06. The third-order valence-electron chi connectivity index (χ3n) is 2.68. The molecule has 0 radical (unpaired) electrons. The summed E-state index contributed by atoms with van der Waals surface area (Å²) in [6, 6.07) is 4.09. The van der Waals surface area contributed by atoms with E-state index in [1.165, 1.54) is 18.2 Å². The van der Waals surface area contributed by atoms with E-state index in [1.807, 2.05) is 0 Å². The van der Waals surface area contributed by atoms with Crippen molar-refractivity contribution < 1.29 is 27.1 Å². The lowest BCUT2D eigenvalue weighted by Crippen LogP contribution is -2.30. The van der Waals surface area contributed by atoms with Crippen molar-refractivity contribution in [2.24, 2.45) is 0 Å². The van der Waals surface area contributed by atoms with Gasteiger partial charge in [-0.15, -0.1) is 12.4 Å². The predicted octanol–water partition coefficient (Wildman–Crippen LogP) is 2.44. The maximum atomic E-state index is 12.5. The highest BCUT2D eigenvalue weighted by molar-refractivity contribution is 5.94. The van der Waals surface area contributed by atoms with Crippen LogP contribution in [-0.2, 0) is 15.7 Å². The van der Waals surface area contributed by atoms with E-state index in [0.29, 0.717) is 18.8 Å². The number of hydrogen-bond acceptors (Lipinski definition) is 5. The normalized spacial score (nSPS) is 11.3. The fraction of sp³-hybridized carbons (Fsp3) is 0.385. The van der Waals surface area contributed by atoms with Crippen molar-refractivity contribution in [3.8, 4) is 0 Å². The van der Waals surface area contributed by atoms with Crippen molar-refractivity contribution in [2.75, 3.05) is 32.1 Å². The molecule has 0 atom stereocenters. The Hall–Kier alpha value is -1.84. The van der Waals surface area contributed by atoms with Gasteiger partial charge in [0.2, 0.25) is 5.91 Å². The summed E-state index contributed by atoms with van der Waals surface area (Å²) in [5.74, 6) is -1.64. The molecule has 0 spiro atoms. The number of carbonyl (C=O) groups is 1. The summed E-state index contributed by atoms with van der Waals surface area (Å²) >= 11 is 0. The van der Waals surface area contributed by atoms with Gasteiger partial charge in [0.05, 0.1) is 13.2 Å². The second kappa shape index (κ2) is 8.14. The number of benzene rings is 1. The monoisotopic (exact) mass is 353 g/mol. The first-order valence-corrected chi connectivity index (χ1v) is 6.37. The highest BCUT2D eigenvalue weighted by Crippen LogP contribution is 2.31. The fourth-order valence-electron chi connectivity index (χ4n) is 1.71. The van der Waals surface area contributed by atoms with Gasteiger partial charge in [0.25, 0.3) is 0 Å². The molecule has 0 bridgehead atoms. The van der Waals surface area contributed by atoms with Gasteiger partial charge in [-0.2, -0.15) is 13.2 Å². The summed E-state index contributed by atoms with van der Waals surface area (Å²) in [7, 11) is 1.55. The number of hydrogen-bond donors (Lipinski definition) is 2. The maximum absolute atomic E-state index is 12.5. The fourth-order valence-corrected chi connectivity index (χ4v) is 1.71. The van der Waals surface area contributed by atoms with Crippen molar-refractivity contribution in [3.05, 3.63) is 24.1 Å². The molecule has 0 aliphatic carbocycles. The molecule has 0 saturated carbocycles. The van der Waals surface area contributed by atoms with E-state index in [1.54, 1.807) is 7.11 Å². The van der Waals surface area contributed by atoms with Crippen LogP contribution in [0.4, 0.5) is 18.9 Å². The van der Waals surface area contributed by atoms with Crippen LogP contribution in [0.2, 0.25) is 0 Å². The van der Waals surface area contributed by atoms with Crippen molar-refractivity contribution in [3.63, 3.8) is 0 Å². The van der Waals surface area contributed by atoms with Gasteiger partial charge in [0.1, 0.15) is 5.52 Å². The van der Waals surface area contributed by atoms with Gasteiger partial charge in [0, 0.05) is 19.3 Å². The molecule has 0 unspecified atom stereocenters. The number of nitrogens with one attached hydrogen (secondary N) is 2. The zero-order valence-electron chi connectivity index (χ0n) is 12.1. The second-order valence-electron chi connectivity index (χ2n) is 4.42. The average molecular weight is 354 g/mol. The molecule has 0 aliphatic rings. The van der Waals surface area contributed by atoms with Gasteiger partial charge in [-0.05, 0) is 18.2 Å². The molecule has 1 amide bonds. The Morgan fingerprint density at radius 3 is 2.78 bits per heavy atom. The molecule has 128 valence electrons. The van der Waals surface area contributed by atoms with Gasteiger partial charge in [-0.1, -0.05) is 0 Å².